The fraction of sp³-hybridized carbons (Fsp3) is 0.417. The van der Waals surface area contributed by atoms with Crippen LogP contribution in [0.3, 0.4) is 0 Å². The predicted octanol–water partition coefficient (Wildman–Crippen LogP) is 2.13. The molecule has 17 heavy (non-hydrogen) atoms. The van der Waals surface area contributed by atoms with Crippen molar-refractivity contribution in [1.82, 2.24) is 0 Å². The Kier molecular flexibility index (Phi) is 4.02. The molecule has 92 valence electrons. The second-order valence-electron chi connectivity index (χ2n) is 4.02. The zero-order chi connectivity index (χ0) is 12.3. The third kappa shape index (κ3) is 3.44. The van der Waals surface area contributed by atoms with Crippen LogP contribution in [0.5, 0.6) is 0 Å². The molecule has 1 atom stereocenters. The molecule has 1 unspecified atom stereocenters. The molecule has 0 aliphatic carbocycles. The lowest BCUT2D eigenvalue weighted by Gasteiger charge is -2.34. The number of carboxylic acids is 1. The largest absolute Gasteiger partial charge is 0.481 e. The summed E-state index contributed by atoms with van der Waals surface area (Å²) < 4.78 is 6.46. The number of halogens is 1. The Bertz CT molecular complexity index is 410. The van der Waals surface area contributed by atoms with Crippen LogP contribution in [0, 0.1) is 0 Å². The van der Waals surface area contributed by atoms with E-state index in [-0.39, 0.29) is 12.5 Å². The van der Waals surface area contributed by atoms with Crippen LogP contribution in [0.2, 0.25) is 0 Å². The summed E-state index contributed by atoms with van der Waals surface area (Å²) in [4.78, 5) is 12.8. The van der Waals surface area contributed by atoms with Crippen LogP contribution in [0.15, 0.2) is 28.7 Å². The molecule has 0 saturated carbocycles. The van der Waals surface area contributed by atoms with Crippen LogP contribution in [0.25, 0.3) is 0 Å². The van der Waals surface area contributed by atoms with Gasteiger partial charge in [-0.05, 0) is 18.2 Å². The van der Waals surface area contributed by atoms with Crippen LogP contribution < -0.4 is 4.90 Å². The maximum absolute atomic E-state index is 10.7. The first kappa shape index (κ1) is 12.4. The Hall–Kier alpha value is -1.07. The highest BCUT2D eigenvalue weighted by Crippen LogP contribution is 2.22. The Morgan fingerprint density at radius 3 is 3.12 bits per heavy atom. The number of carbonyl (C=O) groups is 1. The third-order valence-corrected chi connectivity index (χ3v) is 3.21. The van der Waals surface area contributed by atoms with Crippen LogP contribution in [0.4, 0.5) is 5.69 Å². The molecule has 1 aromatic rings. The highest BCUT2D eigenvalue weighted by molar-refractivity contribution is 9.10. The van der Waals surface area contributed by atoms with E-state index in [4.69, 9.17) is 9.84 Å². The van der Waals surface area contributed by atoms with E-state index in [0.717, 1.165) is 16.7 Å². The molecule has 0 spiro atoms. The lowest BCUT2D eigenvalue weighted by molar-refractivity contribution is -0.140. The van der Waals surface area contributed by atoms with Gasteiger partial charge in [-0.25, -0.2) is 0 Å². The van der Waals surface area contributed by atoms with Crippen molar-refractivity contribution in [2.75, 3.05) is 24.6 Å². The van der Waals surface area contributed by atoms with Gasteiger partial charge in [0.15, 0.2) is 0 Å². The second kappa shape index (κ2) is 5.51. The van der Waals surface area contributed by atoms with Gasteiger partial charge in [0.25, 0.3) is 0 Å². The summed E-state index contributed by atoms with van der Waals surface area (Å²) in [5.74, 6) is -0.814. The van der Waals surface area contributed by atoms with E-state index in [2.05, 4.69) is 20.8 Å². The normalized spacial score (nSPS) is 20.3. The molecule has 1 N–H and O–H groups in total. The number of benzene rings is 1. The third-order valence-electron chi connectivity index (χ3n) is 2.71. The van der Waals surface area contributed by atoms with E-state index < -0.39 is 5.97 Å². The Balaban J connectivity index is 2.04. The molecule has 1 aromatic carbocycles. The first-order valence-electron chi connectivity index (χ1n) is 5.49. The molecule has 5 heteroatoms. The van der Waals surface area contributed by atoms with Crippen LogP contribution in [-0.2, 0) is 9.53 Å². The number of aliphatic carboxylic acids is 1. The first-order chi connectivity index (χ1) is 8.15. The Morgan fingerprint density at radius 1 is 1.59 bits per heavy atom. The highest BCUT2D eigenvalue weighted by Gasteiger charge is 2.22. The fourth-order valence-corrected chi connectivity index (χ4v) is 2.33. The summed E-state index contributed by atoms with van der Waals surface area (Å²) in [6, 6.07) is 8.00. The minimum Gasteiger partial charge on any atom is -0.481 e. The summed E-state index contributed by atoms with van der Waals surface area (Å²) >= 11 is 3.43. The number of anilines is 1. The molecule has 4 nitrogen and oxygen atoms in total. The van der Waals surface area contributed by atoms with Gasteiger partial charge >= 0.3 is 5.97 Å². The van der Waals surface area contributed by atoms with Crippen molar-refractivity contribution in [3.8, 4) is 0 Å². The number of ether oxygens (including phenoxy) is 1. The van der Waals surface area contributed by atoms with Crippen molar-refractivity contribution in [2.24, 2.45) is 0 Å². The minimum absolute atomic E-state index is 0.0600. The van der Waals surface area contributed by atoms with E-state index in [0.29, 0.717) is 13.2 Å². The molecule has 0 radical (unpaired) electrons. The lowest BCUT2D eigenvalue weighted by Crippen LogP contribution is -2.43. The molecule has 0 bridgehead atoms. The van der Waals surface area contributed by atoms with Gasteiger partial charge < -0.3 is 14.7 Å². The van der Waals surface area contributed by atoms with Gasteiger partial charge in [0.2, 0.25) is 0 Å². The zero-order valence-corrected chi connectivity index (χ0v) is 10.9. The van der Waals surface area contributed by atoms with Crippen molar-refractivity contribution in [2.45, 2.75) is 12.5 Å². The average Bonchev–Trinajstić information content (AvgIpc) is 2.28. The van der Waals surface area contributed by atoms with Crippen molar-refractivity contribution < 1.29 is 14.6 Å². The number of hydrogen-bond acceptors (Lipinski definition) is 3. The SMILES string of the molecule is O=C(O)CC1CN(c2cccc(Br)c2)CCO1. The number of carboxylic acid groups (broad SMARTS) is 1. The predicted molar refractivity (Wildman–Crippen MR) is 68.3 cm³/mol. The summed E-state index contributed by atoms with van der Waals surface area (Å²) in [5.41, 5.74) is 1.10. The molecule has 1 saturated heterocycles. The van der Waals surface area contributed by atoms with E-state index in [1.165, 1.54) is 0 Å². The van der Waals surface area contributed by atoms with Gasteiger partial charge in [0.1, 0.15) is 0 Å². The highest BCUT2D eigenvalue weighted by atomic mass is 79.9. The van der Waals surface area contributed by atoms with Gasteiger partial charge in [-0.1, -0.05) is 22.0 Å². The zero-order valence-electron chi connectivity index (χ0n) is 9.30. The van der Waals surface area contributed by atoms with Crippen LogP contribution >= 0.6 is 15.9 Å². The maximum atomic E-state index is 10.7. The van der Waals surface area contributed by atoms with Crippen molar-refractivity contribution in [3.05, 3.63) is 28.7 Å². The molecule has 1 aliphatic rings. The minimum atomic E-state index is -0.814. The Labute approximate surface area is 108 Å². The van der Waals surface area contributed by atoms with Gasteiger partial charge in [0.05, 0.1) is 19.1 Å². The monoisotopic (exact) mass is 299 g/mol. The molecular weight excluding hydrogens is 286 g/mol. The van der Waals surface area contributed by atoms with Gasteiger partial charge in [-0.15, -0.1) is 0 Å². The van der Waals surface area contributed by atoms with Crippen LogP contribution in [-0.4, -0.2) is 36.9 Å². The summed E-state index contributed by atoms with van der Waals surface area (Å²) in [5, 5.41) is 8.76. The molecule has 0 aromatic heterocycles. The molecule has 0 amide bonds. The topological polar surface area (TPSA) is 49.8 Å². The quantitative estimate of drug-likeness (QED) is 0.929. The van der Waals surface area contributed by atoms with E-state index in [9.17, 15) is 4.79 Å². The number of rotatable bonds is 3. The number of nitrogens with zero attached hydrogens (tertiary/aromatic N) is 1. The van der Waals surface area contributed by atoms with Crippen molar-refractivity contribution in [1.29, 1.82) is 0 Å². The molecular formula is C12H14BrNO3. The molecule has 1 heterocycles. The van der Waals surface area contributed by atoms with E-state index in [1.807, 2.05) is 24.3 Å². The summed E-state index contributed by atoms with van der Waals surface area (Å²) in [6.45, 7) is 2.00. The standard InChI is InChI=1S/C12H14BrNO3/c13-9-2-1-3-10(6-9)14-4-5-17-11(8-14)7-12(15)16/h1-3,6,11H,4-5,7-8H2,(H,15,16). The maximum Gasteiger partial charge on any atom is 0.306 e. The molecule has 1 fully saturated rings. The summed E-state index contributed by atoms with van der Waals surface area (Å²) in [6.07, 6.45) is -0.162. The average molecular weight is 300 g/mol. The Morgan fingerprint density at radius 2 is 2.41 bits per heavy atom. The van der Waals surface area contributed by atoms with E-state index >= 15 is 0 Å². The first-order valence-corrected chi connectivity index (χ1v) is 6.28. The van der Waals surface area contributed by atoms with Gasteiger partial charge in [-0.3, -0.25) is 4.79 Å². The van der Waals surface area contributed by atoms with E-state index in [1.54, 1.807) is 0 Å². The number of hydrogen-bond donors (Lipinski definition) is 1. The molecule has 1 aliphatic heterocycles. The number of morpholine rings is 1. The van der Waals surface area contributed by atoms with Gasteiger partial charge in [0, 0.05) is 23.2 Å². The summed E-state index contributed by atoms with van der Waals surface area (Å²) in [7, 11) is 0. The van der Waals surface area contributed by atoms with Crippen molar-refractivity contribution >= 4 is 27.6 Å². The molecule has 2 rings (SSSR count). The smallest absolute Gasteiger partial charge is 0.306 e. The van der Waals surface area contributed by atoms with Crippen LogP contribution in [0.1, 0.15) is 6.42 Å². The van der Waals surface area contributed by atoms with Crippen molar-refractivity contribution in [3.63, 3.8) is 0 Å². The lowest BCUT2D eigenvalue weighted by atomic mass is 10.2. The van der Waals surface area contributed by atoms with Gasteiger partial charge in [-0.2, -0.15) is 0 Å². The fourth-order valence-electron chi connectivity index (χ4n) is 1.94. The second-order valence-corrected chi connectivity index (χ2v) is 4.93.